The molecule has 6 heteroatoms. The third-order valence-electron chi connectivity index (χ3n) is 4.46. The number of fused-ring (bicyclic) bond motifs is 1. The van der Waals surface area contributed by atoms with Crippen LogP contribution in [-0.2, 0) is 4.79 Å². The maximum Gasteiger partial charge on any atom is 0.233 e. The monoisotopic (exact) mass is 376 g/mol. The fourth-order valence-electron chi connectivity index (χ4n) is 2.67. The second-order valence-corrected chi connectivity index (χ2v) is 8.71. The summed E-state index contributed by atoms with van der Waals surface area (Å²) in [7, 11) is 0. The molecule has 1 aliphatic rings. The summed E-state index contributed by atoms with van der Waals surface area (Å²) < 4.78 is 0.130. The fourth-order valence-corrected chi connectivity index (χ4v) is 4.38. The van der Waals surface area contributed by atoms with Crippen molar-refractivity contribution in [1.29, 1.82) is 0 Å². The number of benzene rings is 2. The van der Waals surface area contributed by atoms with Crippen molar-refractivity contribution in [3.8, 4) is 10.6 Å². The predicted molar refractivity (Wildman–Crippen MR) is 101 cm³/mol. The van der Waals surface area contributed by atoms with E-state index in [0.717, 1.165) is 26.5 Å². The number of nitrogens with zero attached hydrogens (tertiary/aromatic N) is 1. The number of carbonyl (C=O) groups is 1. The molecule has 1 heterocycles. The van der Waals surface area contributed by atoms with Crippen molar-refractivity contribution >= 4 is 56.3 Å². The van der Waals surface area contributed by atoms with Crippen LogP contribution in [0, 0.1) is 5.41 Å². The van der Waals surface area contributed by atoms with Crippen LogP contribution in [0.5, 0.6) is 0 Å². The lowest BCUT2D eigenvalue weighted by atomic mass is 10.1. The summed E-state index contributed by atoms with van der Waals surface area (Å²) in [6.07, 6.45) is 0.457. The first-order valence-corrected chi connectivity index (χ1v) is 9.12. The first kappa shape index (κ1) is 15.9. The summed E-state index contributed by atoms with van der Waals surface area (Å²) >= 11 is 13.8. The van der Waals surface area contributed by atoms with E-state index in [4.69, 9.17) is 23.2 Å². The lowest BCUT2D eigenvalue weighted by molar-refractivity contribution is -0.120. The van der Waals surface area contributed by atoms with Crippen LogP contribution in [0.2, 0.25) is 0 Å². The highest BCUT2D eigenvalue weighted by Gasteiger charge is 2.67. The average molecular weight is 377 g/mol. The summed E-state index contributed by atoms with van der Waals surface area (Å²) in [5.41, 5.74) is 1.81. The number of thiazole rings is 1. The molecule has 1 fully saturated rings. The normalized spacial score (nSPS) is 21.6. The summed E-state index contributed by atoms with van der Waals surface area (Å²) in [6, 6.07) is 15.6. The molecule has 3 nitrogen and oxygen atoms in total. The zero-order valence-corrected chi connectivity index (χ0v) is 15.2. The number of nitrogens with one attached hydrogen (secondary N) is 1. The van der Waals surface area contributed by atoms with E-state index in [1.807, 2.05) is 48.5 Å². The van der Waals surface area contributed by atoms with Crippen molar-refractivity contribution in [1.82, 2.24) is 4.98 Å². The van der Waals surface area contributed by atoms with Crippen LogP contribution in [0.15, 0.2) is 48.5 Å². The molecule has 1 aliphatic carbocycles. The molecule has 0 bridgehead atoms. The molecule has 1 N–H and O–H groups in total. The van der Waals surface area contributed by atoms with Crippen LogP contribution in [0.25, 0.3) is 20.8 Å². The summed E-state index contributed by atoms with van der Waals surface area (Å²) in [6.45, 7) is 1.78. The molecular weight excluding hydrogens is 363 g/mol. The molecular formula is C18H14Cl2N2OS. The Bertz CT molecular complexity index is 920. The number of anilines is 1. The van der Waals surface area contributed by atoms with Crippen molar-refractivity contribution in [3.63, 3.8) is 0 Å². The minimum atomic E-state index is -0.984. The van der Waals surface area contributed by atoms with Gasteiger partial charge >= 0.3 is 0 Å². The van der Waals surface area contributed by atoms with Gasteiger partial charge < -0.3 is 5.32 Å². The molecule has 1 amide bonds. The van der Waals surface area contributed by atoms with E-state index in [2.05, 4.69) is 10.3 Å². The lowest BCUT2D eigenvalue weighted by Crippen LogP contribution is -2.26. The van der Waals surface area contributed by atoms with Gasteiger partial charge in [0.15, 0.2) is 0 Å². The molecule has 0 spiro atoms. The Kier molecular flexibility index (Phi) is 3.60. The molecule has 0 aliphatic heterocycles. The Morgan fingerprint density at radius 1 is 1.17 bits per heavy atom. The topological polar surface area (TPSA) is 42.0 Å². The first-order valence-electron chi connectivity index (χ1n) is 7.55. The SMILES string of the molecule is CC1(C(=O)Nc2ccccc2-c2nc3ccccc3s2)CC1(Cl)Cl. The van der Waals surface area contributed by atoms with E-state index in [-0.39, 0.29) is 5.91 Å². The van der Waals surface area contributed by atoms with Gasteiger partial charge in [0.05, 0.1) is 21.3 Å². The van der Waals surface area contributed by atoms with Crippen molar-refractivity contribution < 1.29 is 4.79 Å². The number of para-hydroxylation sites is 2. The van der Waals surface area contributed by atoms with Gasteiger partial charge in [-0.15, -0.1) is 34.5 Å². The van der Waals surface area contributed by atoms with Gasteiger partial charge in [-0.05, 0) is 37.6 Å². The maximum atomic E-state index is 12.6. The Balaban J connectivity index is 1.69. The fraction of sp³-hybridized carbons (Fsp3) is 0.222. The molecule has 24 heavy (non-hydrogen) atoms. The van der Waals surface area contributed by atoms with Gasteiger partial charge in [-0.2, -0.15) is 0 Å². The number of carbonyl (C=O) groups excluding carboxylic acids is 1. The summed E-state index contributed by atoms with van der Waals surface area (Å²) in [4.78, 5) is 17.2. The molecule has 0 saturated heterocycles. The van der Waals surface area contributed by atoms with Gasteiger partial charge in [0.25, 0.3) is 0 Å². The van der Waals surface area contributed by atoms with Crippen LogP contribution >= 0.6 is 34.5 Å². The van der Waals surface area contributed by atoms with Gasteiger partial charge in [0.1, 0.15) is 9.34 Å². The Hall–Kier alpha value is -1.62. The largest absolute Gasteiger partial charge is 0.325 e. The van der Waals surface area contributed by atoms with Gasteiger partial charge in [-0.3, -0.25) is 4.79 Å². The number of rotatable bonds is 3. The third-order valence-corrected chi connectivity index (χ3v) is 6.63. The van der Waals surface area contributed by atoms with E-state index < -0.39 is 9.75 Å². The minimum absolute atomic E-state index is 0.166. The third kappa shape index (κ3) is 2.50. The summed E-state index contributed by atoms with van der Waals surface area (Å²) in [5, 5.41) is 3.84. The van der Waals surface area contributed by atoms with Gasteiger partial charge in [0, 0.05) is 5.56 Å². The quantitative estimate of drug-likeness (QED) is 0.614. The molecule has 2 aromatic carbocycles. The number of amides is 1. The molecule has 1 aromatic heterocycles. The van der Waals surface area contributed by atoms with E-state index in [0.29, 0.717) is 6.42 Å². The van der Waals surface area contributed by atoms with Crippen LogP contribution in [-0.4, -0.2) is 15.2 Å². The number of alkyl halides is 2. The maximum absolute atomic E-state index is 12.6. The van der Waals surface area contributed by atoms with Crippen molar-refractivity contribution in [2.75, 3.05) is 5.32 Å². The highest BCUT2D eigenvalue weighted by molar-refractivity contribution is 7.21. The molecule has 1 atom stereocenters. The van der Waals surface area contributed by atoms with E-state index in [1.54, 1.807) is 18.3 Å². The van der Waals surface area contributed by atoms with Crippen LogP contribution < -0.4 is 5.32 Å². The van der Waals surface area contributed by atoms with E-state index in [1.165, 1.54) is 0 Å². The zero-order chi connectivity index (χ0) is 16.9. The number of aromatic nitrogens is 1. The first-order chi connectivity index (χ1) is 11.4. The molecule has 0 radical (unpaired) electrons. The van der Waals surface area contributed by atoms with E-state index in [9.17, 15) is 4.79 Å². The van der Waals surface area contributed by atoms with Gasteiger partial charge in [0.2, 0.25) is 5.91 Å². The van der Waals surface area contributed by atoms with Crippen molar-refractivity contribution in [3.05, 3.63) is 48.5 Å². The van der Waals surface area contributed by atoms with Gasteiger partial charge in [-0.25, -0.2) is 4.98 Å². The van der Waals surface area contributed by atoms with Crippen LogP contribution in [0.3, 0.4) is 0 Å². The molecule has 122 valence electrons. The molecule has 1 saturated carbocycles. The van der Waals surface area contributed by atoms with Crippen LogP contribution in [0.4, 0.5) is 5.69 Å². The van der Waals surface area contributed by atoms with E-state index >= 15 is 0 Å². The summed E-state index contributed by atoms with van der Waals surface area (Å²) in [5.74, 6) is -0.166. The van der Waals surface area contributed by atoms with Crippen molar-refractivity contribution in [2.45, 2.75) is 17.7 Å². The zero-order valence-electron chi connectivity index (χ0n) is 12.8. The minimum Gasteiger partial charge on any atom is -0.325 e. The standard InChI is InChI=1S/C18H14Cl2N2OS/c1-17(10-18(17,19)20)16(23)22-12-7-3-2-6-11(12)15-21-13-8-4-5-9-14(13)24-15/h2-9H,10H2,1H3,(H,22,23). The highest BCUT2D eigenvalue weighted by Crippen LogP contribution is 2.64. The Morgan fingerprint density at radius 2 is 1.83 bits per heavy atom. The van der Waals surface area contributed by atoms with Gasteiger partial charge in [-0.1, -0.05) is 24.3 Å². The predicted octanol–water partition coefficient (Wildman–Crippen LogP) is 5.49. The smallest absolute Gasteiger partial charge is 0.233 e. The second kappa shape index (κ2) is 5.45. The number of hydrogen-bond donors (Lipinski definition) is 1. The average Bonchev–Trinajstić information content (AvgIpc) is 2.92. The molecule has 4 rings (SSSR count). The highest BCUT2D eigenvalue weighted by atomic mass is 35.5. The molecule has 3 aromatic rings. The number of halogens is 2. The van der Waals surface area contributed by atoms with Crippen molar-refractivity contribution in [2.24, 2.45) is 5.41 Å². The number of hydrogen-bond acceptors (Lipinski definition) is 3. The molecule has 1 unspecified atom stereocenters. The Morgan fingerprint density at radius 3 is 2.54 bits per heavy atom. The second-order valence-electron chi connectivity index (χ2n) is 6.20. The Labute approximate surface area is 153 Å². The van der Waals surface area contributed by atoms with Crippen LogP contribution in [0.1, 0.15) is 13.3 Å². The lowest BCUT2D eigenvalue weighted by Gasteiger charge is -2.14.